The second-order valence-corrected chi connectivity index (χ2v) is 18.9. The predicted molar refractivity (Wildman–Crippen MR) is 203 cm³/mol. The lowest BCUT2D eigenvalue weighted by Crippen LogP contribution is -2.58. The maximum Gasteiger partial charge on any atom is 0.410 e. The van der Waals surface area contributed by atoms with Gasteiger partial charge in [0.2, 0.25) is 21.8 Å². The number of nitrogens with one attached hydrogen (secondary N) is 3. The lowest BCUT2D eigenvalue weighted by molar-refractivity contribution is -0.141. The molecule has 1 aromatic carbocycles. The zero-order chi connectivity index (χ0) is 37.6. The monoisotopic (exact) mass is 778 g/mol. The van der Waals surface area contributed by atoms with Crippen molar-refractivity contribution < 1.29 is 32.3 Å². The standard InChI is InChI=1S/C39H50N6O7S2/c1-2-27-19-39(27,36(48)43-54(50,51)30-16-17-30)42-34(46)32-18-29-21-45(32)35(47)33(25-11-6-3-7-12-25)41-37-40-28(23-53-37)15-8-4-5-10-24-13-9-14-26-20-44(22-31(24)26)38(49)52-29/h2,9,13-14,23,25,27,29-30,32-33H,1,3-8,10-12,15-22H2,(H,40,41)(H,42,46)(H,43,48)/t27-,29-,32+,33+,39-/m1/s1. The molecule has 6 aliphatic rings. The van der Waals surface area contributed by atoms with E-state index < -0.39 is 62.8 Å². The van der Waals surface area contributed by atoms with Gasteiger partial charge in [-0.05, 0) is 80.4 Å². The fraction of sp³-hybridized carbons (Fsp3) is 0.615. The maximum absolute atomic E-state index is 14.9. The maximum atomic E-state index is 14.9. The van der Waals surface area contributed by atoms with Gasteiger partial charge in [0.15, 0.2) is 5.13 Å². The number of fused-ring (bicyclic) bond motifs is 5. The summed E-state index contributed by atoms with van der Waals surface area (Å²) in [6.07, 6.45) is 11.1. The van der Waals surface area contributed by atoms with E-state index in [9.17, 15) is 27.6 Å². The second-order valence-electron chi connectivity index (χ2n) is 16.1. The highest BCUT2D eigenvalue weighted by Gasteiger charge is 2.62. The molecule has 1 saturated heterocycles. The Kier molecular flexibility index (Phi) is 10.2. The van der Waals surface area contributed by atoms with Crippen molar-refractivity contribution in [2.24, 2.45) is 11.8 Å². The Bertz CT molecular complexity index is 1920. The molecule has 290 valence electrons. The Morgan fingerprint density at radius 2 is 1.78 bits per heavy atom. The number of hydrogen-bond donors (Lipinski definition) is 3. The van der Waals surface area contributed by atoms with Crippen molar-refractivity contribution in [2.45, 2.75) is 132 Å². The summed E-state index contributed by atoms with van der Waals surface area (Å²) in [6, 6.07) is 4.50. The molecule has 4 amide bonds. The van der Waals surface area contributed by atoms with Crippen LogP contribution in [-0.2, 0) is 55.1 Å². The van der Waals surface area contributed by atoms with Gasteiger partial charge in [0.05, 0.1) is 17.5 Å². The van der Waals surface area contributed by atoms with Crippen molar-refractivity contribution in [1.82, 2.24) is 24.8 Å². The van der Waals surface area contributed by atoms with E-state index in [1.54, 1.807) is 4.90 Å². The molecule has 3 N–H and O–H groups in total. The molecule has 13 nitrogen and oxygen atoms in total. The number of ether oxygens (including phenoxy) is 1. The minimum Gasteiger partial charge on any atom is -0.444 e. The first-order valence-electron chi connectivity index (χ1n) is 19.6. The molecule has 3 saturated carbocycles. The zero-order valence-corrected chi connectivity index (χ0v) is 32.2. The van der Waals surface area contributed by atoms with Crippen LogP contribution in [-0.4, -0.2) is 82.5 Å². The molecule has 0 unspecified atom stereocenters. The summed E-state index contributed by atoms with van der Waals surface area (Å²) in [5.74, 6) is -2.15. The van der Waals surface area contributed by atoms with Gasteiger partial charge < -0.3 is 20.3 Å². The van der Waals surface area contributed by atoms with Crippen LogP contribution in [0.5, 0.6) is 0 Å². The van der Waals surface area contributed by atoms with E-state index in [0.717, 1.165) is 81.0 Å². The SMILES string of the molecule is C=C[C@@H]1C[C@]1(NC(=O)[C@@H]1C[C@@H]2CN1C(=O)[C@H](C1CCCCC1)Nc1nc(cs1)CCCCCc1cccc3c1CN(C3)C(=O)O2)C(=O)NS(=O)(=O)C1CC1. The molecule has 5 atom stereocenters. The first-order valence-corrected chi connectivity index (χ1v) is 22.0. The summed E-state index contributed by atoms with van der Waals surface area (Å²) < 4.78 is 33.8. The Hall–Kier alpha value is -3.98. The van der Waals surface area contributed by atoms with Crippen LogP contribution >= 0.6 is 11.3 Å². The minimum atomic E-state index is -3.87. The molecule has 3 aliphatic heterocycles. The summed E-state index contributed by atoms with van der Waals surface area (Å²) in [5, 5.41) is 8.43. The van der Waals surface area contributed by atoms with Crippen LogP contribution in [0, 0.1) is 11.8 Å². The smallest absolute Gasteiger partial charge is 0.410 e. The summed E-state index contributed by atoms with van der Waals surface area (Å²) in [5.41, 5.74) is 2.97. The lowest BCUT2D eigenvalue weighted by atomic mass is 9.83. The van der Waals surface area contributed by atoms with E-state index in [4.69, 9.17) is 9.72 Å². The van der Waals surface area contributed by atoms with E-state index in [0.29, 0.717) is 31.1 Å². The zero-order valence-electron chi connectivity index (χ0n) is 30.6. The summed E-state index contributed by atoms with van der Waals surface area (Å²) >= 11 is 1.48. The fourth-order valence-electron chi connectivity index (χ4n) is 8.91. The molecule has 2 aromatic rings. The van der Waals surface area contributed by atoms with E-state index >= 15 is 0 Å². The normalized spacial score (nSPS) is 29.2. The number of sulfonamides is 1. The highest BCUT2D eigenvalue weighted by atomic mass is 32.2. The van der Waals surface area contributed by atoms with Crippen LogP contribution in [0.15, 0.2) is 36.2 Å². The van der Waals surface area contributed by atoms with E-state index in [2.05, 4.69) is 28.0 Å². The molecule has 54 heavy (non-hydrogen) atoms. The third kappa shape index (κ3) is 7.49. The second kappa shape index (κ2) is 14.9. The van der Waals surface area contributed by atoms with Gasteiger partial charge in [-0.25, -0.2) is 18.2 Å². The van der Waals surface area contributed by atoms with Crippen LogP contribution in [0.2, 0.25) is 0 Å². The van der Waals surface area contributed by atoms with Crippen LogP contribution in [0.4, 0.5) is 9.93 Å². The number of amides is 4. The highest BCUT2D eigenvalue weighted by molar-refractivity contribution is 7.91. The molecule has 0 spiro atoms. The molecular formula is C39H50N6O7S2. The van der Waals surface area contributed by atoms with E-state index in [1.807, 2.05) is 17.5 Å². The largest absolute Gasteiger partial charge is 0.444 e. The molecule has 6 bridgehead atoms. The number of hydrogen-bond acceptors (Lipinski definition) is 10. The summed E-state index contributed by atoms with van der Waals surface area (Å²) in [7, 11) is -3.87. The molecule has 1 aromatic heterocycles. The highest BCUT2D eigenvalue weighted by Crippen LogP contribution is 2.46. The number of carbonyl (C=O) groups excluding carboxylic acids is 4. The Morgan fingerprint density at radius 1 is 1.02 bits per heavy atom. The van der Waals surface area contributed by atoms with Gasteiger partial charge >= 0.3 is 6.09 Å². The van der Waals surface area contributed by atoms with E-state index in [1.165, 1.54) is 27.9 Å². The van der Waals surface area contributed by atoms with Crippen molar-refractivity contribution in [3.8, 4) is 0 Å². The van der Waals surface area contributed by atoms with Crippen LogP contribution in [0.1, 0.15) is 99.4 Å². The quantitative estimate of drug-likeness (QED) is 0.342. The van der Waals surface area contributed by atoms with Gasteiger partial charge in [-0.2, -0.15) is 0 Å². The lowest BCUT2D eigenvalue weighted by Gasteiger charge is -2.34. The van der Waals surface area contributed by atoms with Crippen molar-refractivity contribution in [3.63, 3.8) is 0 Å². The van der Waals surface area contributed by atoms with E-state index in [-0.39, 0.29) is 31.2 Å². The fourth-order valence-corrected chi connectivity index (χ4v) is 11.1. The molecule has 8 rings (SSSR count). The molecule has 15 heteroatoms. The van der Waals surface area contributed by atoms with Crippen molar-refractivity contribution >= 4 is 50.3 Å². The van der Waals surface area contributed by atoms with Gasteiger partial charge in [0.1, 0.15) is 23.7 Å². The number of carbonyl (C=O) groups is 4. The molecule has 4 fully saturated rings. The summed E-state index contributed by atoms with van der Waals surface area (Å²) in [6.45, 7) is 4.67. The Labute approximate surface area is 320 Å². The summed E-state index contributed by atoms with van der Waals surface area (Å²) in [4.78, 5) is 64.6. The Balaban J connectivity index is 1.09. The number of benzene rings is 1. The van der Waals surface area contributed by atoms with Crippen LogP contribution in [0.25, 0.3) is 0 Å². The van der Waals surface area contributed by atoms with Gasteiger partial charge in [0.25, 0.3) is 5.91 Å². The number of aryl methyl sites for hydroxylation is 2. The molecule has 3 aliphatic carbocycles. The molecule has 4 heterocycles. The van der Waals surface area contributed by atoms with Crippen LogP contribution < -0.4 is 15.4 Å². The average molecular weight is 779 g/mol. The van der Waals surface area contributed by atoms with Crippen molar-refractivity contribution in [1.29, 1.82) is 0 Å². The minimum absolute atomic E-state index is 0.00284. The topological polar surface area (TPSA) is 167 Å². The number of thiazole rings is 1. The average Bonchev–Trinajstić information content (AvgIpc) is 3.98. The molecule has 0 radical (unpaired) electrons. The van der Waals surface area contributed by atoms with Crippen molar-refractivity contribution in [3.05, 3.63) is 58.6 Å². The van der Waals surface area contributed by atoms with Gasteiger partial charge in [-0.1, -0.05) is 50.0 Å². The van der Waals surface area contributed by atoms with Gasteiger partial charge in [-0.3, -0.25) is 24.0 Å². The number of nitrogens with zero attached hydrogens (tertiary/aromatic N) is 3. The first kappa shape index (κ1) is 37.0. The predicted octanol–water partition coefficient (Wildman–Crippen LogP) is 4.56. The third-order valence-corrected chi connectivity index (χ3v) is 14.9. The van der Waals surface area contributed by atoms with Gasteiger partial charge in [-0.15, -0.1) is 17.9 Å². The van der Waals surface area contributed by atoms with Crippen LogP contribution in [0.3, 0.4) is 0 Å². The number of rotatable bonds is 7. The molecular weight excluding hydrogens is 729 g/mol. The number of aromatic nitrogens is 1. The first-order chi connectivity index (χ1) is 26.0. The van der Waals surface area contributed by atoms with Crippen molar-refractivity contribution in [2.75, 3.05) is 11.9 Å². The third-order valence-electron chi connectivity index (χ3n) is 12.3. The van der Waals surface area contributed by atoms with Gasteiger partial charge in [0, 0.05) is 30.8 Å². The number of anilines is 1. The Morgan fingerprint density at radius 3 is 2.54 bits per heavy atom.